The quantitative estimate of drug-likeness (QED) is 0.947. The number of hydrogen-bond donors (Lipinski definition) is 1. The highest BCUT2D eigenvalue weighted by Crippen LogP contribution is 2.12. The number of carbonyl (C=O) groups is 1. The average molecular weight is 305 g/mol. The van der Waals surface area contributed by atoms with E-state index in [4.69, 9.17) is 0 Å². The molecular formula is C14H13BrN2O. The Morgan fingerprint density at radius 1 is 1.39 bits per heavy atom. The van der Waals surface area contributed by atoms with Crippen LogP contribution in [-0.4, -0.2) is 10.9 Å². The van der Waals surface area contributed by atoms with Crippen LogP contribution in [0.1, 0.15) is 21.5 Å². The first kappa shape index (κ1) is 12.8. The summed E-state index contributed by atoms with van der Waals surface area (Å²) in [5.41, 5.74) is 2.80. The second-order valence-corrected chi connectivity index (χ2v) is 4.91. The van der Waals surface area contributed by atoms with Crippen LogP contribution in [-0.2, 0) is 6.54 Å². The van der Waals surface area contributed by atoms with Crippen LogP contribution < -0.4 is 5.32 Å². The Labute approximate surface area is 114 Å². The van der Waals surface area contributed by atoms with E-state index < -0.39 is 0 Å². The zero-order valence-corrected chi connectivity index (χ0v) is 11.6. The minimum absolute atomic E-state index is 0.0764. The lowest BCUT2D eigenvalue weighted by molar-refractivity contribution is 0.0951. The van der Waals surface area contributed by atoms with Crippen LogP contribution in [0, 0.1) is 6.92 Å². The highest BCUT2D eigenvalue weighted by atomic mass is 79.9. The fourth-order valence-corrected chi connectivity index (χ4v) is 2.01. The van der Waals surface area contributed by atoms with Gasteiger partial charge in [-0.2, -0.15) is 0 Å². The molecule has 1 amide bonds. The Kier molecular flexibility index (Phi) is 4.10. The Bertz CT molecular complexity index is 569. The molecule has 1 heterocycles. The van der Waals surface area contributed by atoms with E-state index in [1.165, 1.54) is 0 Å². The van der Waals surface area contributed by atoms with E-state index in [0.717, 1.165) is 15.6 Å². The van der Waals surface area contributed by atoms with Crippen LogP contribution in [0.4, 0.5) is 0 Å². The van der Waals surface area contributed by atoms with Gasteiger partial charge in [0, 0.05) is 29.0 Å². The van der Waals surface area contributed by atoms with Gasteiger partial charge >= 0.3 is 0 Å². The first-order valence-electron chi connectivity index (χ1n) is 5.60. The van der Waals surface area contributed by atoms with Crippen molar-refractivity contribution in [3.63, 3.8) is 0 Å². The summed E-state index contributed by atoms with van der Waals surface area (Å²) in [5, 5.41) is 2.90. The summed E-state index contributed by atoms with van der Waals surface area (Å²) >= 11 is 3.35. The third-order valence-corrected chi connectivity index (χ3v) is 3.16. The van der Waals surface area contributed by atoms with Gasteiger partial charge in [-0.25, -0.2) is 0 Å². The zero-order valence-electron chi connectivity index (χ0n) is 9.98. The van der Waals surface area contributed by atoms with Gasteiger partial charge in [-0.05, 0) is 42.3 Å². The molecular weight excluding hydrogens is 292 g/mol. The second-order valence-electron chi connectivity index (χ2n) is 4.00. The van der Waals surface area contributed by atoms with Crippen molar-refractivity contribution in [2.45, 2.75) is 13.5 Å². The summed E-state index contributed by atoms with van der Waals surface area (Å²) in [6.45, 7) is 2.49. The molecule has 0 radical (unpaired) electrons. The Morgan fingerprint density at radius 2 is 2.22 bits per heavy atom. The molecule has 0 saturated carbocycles. The van der Waals surface area contributed by atoms with Crippen molar-refractivity contribution in [3.05, 3.63) is 63.9 Å². The number of hydrogen-bond acceptors (Lipinski definition) is 2. The van der Waals surface area contributed by atoms with Crippen LogP contribution in [0.15, 0.2) is 47.2 Å². The molecule has 92 valence electrons. The molecule has 0 unspecified atom stereocenters. The number of nitrogens with zero attached hydrogens (tertiary/aromatic N) is 1. The van der Waals surface area contributed by atoms with Crippen molar-refractivity contribution in [1.29, 1.82) is 0 Å². The van der Waals surface area contributed by atoms with Gasteiger partial charge in [0.1, 0.15) is 0 Å². The summed E-state index contributed by atoms with van der Waals surface area (Å²) < 4.78 is 0.898. The molecule has 0 aliphatic rings. The van der Waals surface area contributed by atoms with Crippen LogP contribution in [0.2, 0.25) is 0 Å². The monoisotopic (exact) mass is 304 g/mol. The standard InChI is InChI=1S/C14H13BrN2O/c1-10-8-16-6-5-12(10)9-17-14(18)11-3-2-4-13(15)7-11/h2-8H,9H2,1H3,(H,17,18). The normalized spacial score (nSPS) is 10.1. The topological polar surface area (TPSA) is 42.0 Å². The average Bonchev–Trinajstić information content (AvgIpc) is 2.37. The first-order valence-corrected chi connectivity index (χ1v) is 6.39. The van der Waals surface area contributed by atoms with Crippen LogP contribution in [0.25, 0.3) is 0 Å². The molecule has 4 heteroatoms. The molecule has 1 N–H and O–H groups in total. The van der Waals surface area contributed by atoms with Crippen LogP contribution in [0.5, 0.6) is 0 Å². The van der Waals surface area contributed by atoms with E-state index in [1.54, 1.807) is 24.5 Å². The summed E-state index contributed by atoms with van der Waals surface area (Å²) in [4.78, 5) is 16.0. The molecule has 1 aromatic heterocycles. The molecule has 2 rings (SSSR count). The molecule has 0 atom stereocenters. The summed E-state index contributed by atoms with van der Waals surface area (Å²) in [6, 6.07) is 9.24. The third-order valence-electron chi connectivity index (χ3n) is 2.66. The van der Waals surface area contributed by atoms with Crippen molar-refractivity contribution in [3.8, 4) is 0 Å². The number of amides is 1. The number of aryl methyl sites for hydroxylation is 1. The van der Waals surface area contributed by atoms with Gasteiger partial charge in [0.05, 0.1) is 0 Å². The minimum atomic E-state index is -0.0764. The SMILES string of the molecule is Cc1cnccc1CNC(=O)c1cccc(Br)c1. The lowest BCUT2D eigenvalue weighted by atomic mass is 10.1. The van der Waals surface area contributed by atoms with Gasteiger partial charge in [0.2, 0.25) is 0 Å². The molecule has 1 aromatic carbocycles. The maximum absolute atomic E-state index is 11.9. The predicted molar refractivity (Wildman–Crippen MR) is 74.3 cm³/mol. The number of pyridine rings is 1. The fraction of sp³-hybridized carbons (Fsp3) is 0.143. The third kappa shape index (κ3) is 3.17. The van der Waals surface area contributed by atoms with Crippen molar-refractivity contribution < 1.29 is 4.79 Å². The van der Waals surface area contributed by atoms with Gasteiger partial charge in [0.15, 0.2) is 0 Å². The predicted octanol–water partition coefficient (Wildman–Crippen LogP) is 3.08. The minimum Gasteiger partial charge on any atom is -0.348 e. The maximum Gasteiger partial charge on any atom is 0.251 e. The molecule has 0 bridgehead atoms. The fourth-order valence-electron chi connectivity index (χ4n) is 1.61. The van der Waals surface area contributed by atoms with Crippen LogP contribution >= 0.6 is 15.9 Å². The van der Waals surface area contributed by atoms with Gasteiger partial charge in [-0.15, -0.1) is 0 Å². The molecule has 2 aromatic rings. The largest absolute Gasteiger partial charge is 0.348 e. The molecule has 0 aliphatic heterocycles. The highest BCUT2D eigenvalue weighted by Gasteiger charge is 2.06. The van der Waals surface area contributed by atoms with E-state index in [0.29, 0.717) is 12.1 Å². The molecule has 18 heavy (non-hydrogen) atoms. The lowest BCUT2D eigenvalue weighted by Gasteiger charge is -2.07. The van der Waals surface area contributed by atoms with Crippen molar-refractivity contribution in [1.82, 2.24) is 10.3 Å². The Hall–Kier alpha value is -1.68. The molecule has 3 nitrogen and oxygen atoms in total. The second kappa shape index (κ2) is 5.78. The van der Waals surface area contributed by atoms with Gasteiger partial charge in [-0.3, -0.25) is 9.78 Å². The van der Waals surface area contributed by atoms with E-state index in [9.17, 15) is 4.79 Å². The molecule has 0 spiro atoms. The van der Waals surface area contributed by atoms with Crippen molar-refractivity contribution in [2.24, 2.45) is 0 Å². The van der Waals surface area contributed by atoms with E-state index >= 15 is 0 Å². The number of carbonyl (C=O) groups excluding carboxylic acids is 1. The summed E-state index contributed by atoms with van der Waals surface area (Å²) in [6.07, 6.45) is 3.52. The van der Waals surface area contributed by atoms with Crippen LogP contribution in [0.3, 0.4) is 0 Å². The number of aromatic nitrogens is 1. The molecule has 0 fully saturated rings. The van der Waals surface area contributed by atoms with E-state index in [-0.39, 0.29) is 5.91 Å². The Morgan fingerprint density at radius 3 is 2.94 bits per heavy atom. The van der Waals surface area contributed by atoms with Gasteiger partial charge in [0.25, 0.3) is 5.91 Å². The molecule has 0 saturated heterocycles. The van der Waals surface area contributed by atoms with Crippen molar-refractivity contribution in [2.75, 3.05) is 0 Å². The van der Waals surface area contributed by atoms with E-state index in [2.05, 4.69) is 26.2 Å². The number of benzene rings is 1. The molecule has 0 aliphatic carbocycles. The number of halogens is 1. The first-order chi connectivity index (χ1) is 8.66. The maximum atomic E-state index is 11.9. The highest BCUT2D eigenvalue weighted by molar-refractivity contribution is 9.10. The smallest absolute Gasteiger partial charge is 0.251 e. The summed E-state index contributed by atoms with van der Waals surface area (Å²) in [7, 11) is 0. The van der Waals surface area contributed by atoms with Gasteiger partial charge in [-0.1, -0.05) is 22.0 Å². The van der Waals surface area contributed by atoms with Crippen molar-refractivity contribution >= 4 is 21.8 Å². The van der Waals surface area contributed by atoms with Gasteiger partial charge < -0.3 is 5.32 Å². The number of nitrogens with one attached hydrogen (secondary N) is 1. The lowest BCUT2D eigenvalue weighted by Crippen LogP contribution is -2.23. The zero-order chi connectivity index (χ0) is 13.0. The van der Waals surface area contributed by atoms with E-state index in [1.807, 2.05) is 25.1 Å². The Balaban J connectivity index is 2.03. The summed E-state index contributed by atoms with van der Waals surface area (Å²) in [5.74, 6) is -0.0764. The number of rotatable bonds is 3.